The maximum absolute atomic E-state index is 13.0. The van der Waals surface area contributed by atoms with Gasteiger partial charge in [0.05, 0.1) is 18.2 Å². The van der Waals surface area contributed by atoms with Crippen LogP contribution in [-0.4, -0.2) is 25.0 Å². The monoisotopic (exact) mass is 439 g/mol. The second kappa shape index (κ2) is 11.0. The minimum atomic E-state index is -5.08. The van der Waals surface area contributed by atoms with Gasteiger partial charge in [-0.1, -0.05) is 25.3 Å². The summed E-state index contributed by atoms with van der Waals surface area (Å²) in [5, 5.41) is 2.18. The van der Waals surface area contributed by atoms with E-state index in [4.69, 9.17) is 0 Å². The Morgan fingerprint density at radius 2 is 1.53 bits per heavy atom. The third-order valence-corrected chi connectivity index (χ3v) is 4.29. The Balaban J connectivity index is 2.99. The summed E-state index contributed by atoms with van der Waals surface area (Å²) in [6.45, 7) is 3.60. The summed E-state index contributed by atoms with van der Waals surface area (Å²) in [5.41, 5.74) is -4.07. The van der Waals surface area contributed by atoms with E-state index in [9.17, 15) is 35.9 Å². The maximum atomic E-state index is 13.0. The molecule has 0 heterocycles. The molecule has 1 rings (SSSR count). The number of esters is 1. The molecule has 4 nitrogen and oxygen atoms in total. The summed E-state index contributed by atoms with van der Waals surface area (Å²) in [6, 6.07) is -0.633. The number of allylic oxidation sites excluding steroid dienone is 1. The first-order valence-corrected chi connectivity index (χ1v) is 9.19. The van der Waals surface area contributed by atoms with Crippen molar-refractivity contribution in [3.8, 4) is 0 Å². The molecule has 30 heavy (non-hydrogen) atoms. The highest BCUT2D eigenvalue weighted by molar-refractivity contribution is 5.97. The molecule has 0 saturated carbocycles. The van der Waals surface area contributed by atoms with Gasteiger partial charge in [-0.2, -0.15) is 26.3 Å². The summed E-state index contributed by atoms with van der Waals surface area (Å²) < 4.78 is 82.3. The zero-order valence-corrected chi connectivity index (χ0v) is 16.3. The van der Waals surface area contributed by atoms with Gasteiger partial charge in [-0.05, 0) is 37.5 Å². The lowest BCUT2D eigenvalue weighted by Gasteiger charge is -2.18. The average molecular weight is 439 g/mol. The molecule has 0 unspecified atom stereocenters. The van der Waals surface area contributed by atoms with Crippen molar-refractivity contribution < 1.29 is 40.7 Å². The molecule has 10 heteroatoms. The fourth-order valence-electron chi connectivity index (χ4n) is 2.71. The lowest BCUT2D eigenvalue weighted by atomic mass is 10.0. The number of methoxy groups -OCH3 is 1. The number of nitrogens with one attached hydrogen (secondary N) is 1. The molecule has 0 aliphatic heterocycles. The van der Waals surface area contributed by atoms with Crippen molar-refractivity contribution >= 4 is 11.9 Å². The molecule has 0 bridgehead atoms. The second-order valence-corrected chi connectivity index (χ2v) is 6.62. The van der Waals surface area contributed by atoms with Gasteiger partial charge < -0.3 is 10.1 Å². The number of hydrogen-bond acceptors (Lipinski definition) is 3. The highest BCUT2D eigenvalue weighted by Crippen LogP contribution is 2.36. The highest BCUT2D eigenvalue weighted by Gasteiger charge is 2.37. The van der Waals surface area contributed by atoms with E-state index in [0.717, 1.165) is 32.8 Å². The lowest BCUT2D eigenvalue weighted by molar-refractivity contribution is -0.144. The normalized spacial score (nSPS) is 12.9. The number of amides is 1. The number of hydrogen-bond donors (Lipinski definition) is 1. The number of ether oxygens (including phenoxy) is 1. The molecule has 0 aliphatic carbocycles. The molecule has 0 saturated heterocycles. The third kappa shape index (κ3) is 8.08. The zero-order chi connectivity index (χ0) is 22.9. The van der Waals surface area contributed by atoms with Crippen molar-refractivity contribution in [2.75, 3.05) is 7.11 Å². The first-order valence-electron chi connectivity index (χ1n) is 9.19. The molecule has 0 fully saturated rings. The lowest BCUT2D eigenvalue weighted by Crippen LogP contribution is -2.41. The van der Waals surface area contributed by atoms with Crippen molar-refractivity contribution in [3.63, 3.8) is 0 Å². The van der Waals surface area contributed by atoms with E-state index in [-0.39, 0.29) is 12.5 Å². The van der Waals surface area contributed by atoms with Gasteiger partial charge in [0, 0.05) is 5.56 Å². The predicted molar refractivity (Wildman–Crippen MR) is 97.6 cm³/mol. The fraction of sp³-hybridized carbons (Fsp3) is 0.500. The minimum absolute atomic E-state index is 0.0716. The smallest absolute Gasteiger partial charge is 0.416 e. The average Bonchev–Trinajstić information content (AvgIpc) is 2.67. The van der Waals surface area contributed by atoms with Crippen molar-refractivity contribution in [2.24, 2.45) is 0 Å². The molecule has 1 aromatic carbocycles. The Bertz CT molecular complexity index is 711. The van der Waals surface area contributed by atoms with E-state index in [0.29, 0.717) is 18.6 Å². The summed E-state index contributed by atoms with van der Waals surface area (Å²) in [5.74, 6) is -2.06. The Morgan fingerprint density at radius 3 is 2.00 bits per heavy atom. The van der Waals surface area contributed by atoms with E-state index in [1.54, 1.807) is 6.08 Å². The van der Waals surface area contributed by atoms with Crippen LogP contribution in [0, 0.1) is 0 Å². The topological polar surface area (TPSA) is 55.4 Å². The van der Waals surface area contributed by atoms with Gasteiger partial charge in [0.25, 0.3) is 5.91 Å². The zero-order valence-electron chi connectivity index (χ0n) is 16.3. The van der Waals surface area contributed by atoms with E-state index in [1.165, 1.54) is 0 Å². The molecular formula is C20H23F6NO3. The van der Waals surface area contributed by atoms with Crippen LogP contribution < -0.4 is 5.32 Å². The van der Waals surface area contributed by atoms with Gasteiger partial charge in [0.1, 0.15) is 6.04 Å². The van der Waals surface area contributed by atoms with Crippen molar-refractivity contribution in [1.82, 2.24) is 5.32 Å². The largest absolute Gasteiger partial charge is 0.467 e. The molecule has 1 atom stereocenters. The van der Waals surface area contributed by atoms with Gasteiger partial charge in [-0.15, -0.1) is 6.58 Å². The number of alkyl halides is 6. The van der Waals surface area contributed by atoms with Crippen LogP contribution in [-0.2, 0) is 21.9 Å². The number of carbonyl (C=O) groups excluding carboxylic acids is 2. The van der Waals surface area contributed by atoms with Crippen LogP contribution in [0.2, 0.25) is 0 Å². The van der Waals surface area contributed by atoms with E-state index < -0.39 is 47.0 Å². The van der Waals surface area contributed by atoms with Crippen molar-refractivity contribution in [1.29, 1.82) is 0 Å². The Kier molecular flexibility index (Phi) is 9.38. The summed E-state index contributed by atoms with van der Waals surface area (Å²) in [6.07, 6.45) is -4.47. The Morgan fingerprint density at radius 1 is 1.00 bits per heavy atom. The summed E-state index contributed by atoms with van der Waals surface area (Å²) in [7, 11) is 1.07. The van der Waals surface area contributed by atoms with Crippen LogP contribution in [0.5, 0.6) is 0 Å². The minimum Gasteiger partial charge on any atom is -0.467 e. The molecule has 168 valence electrons. The quantitative estimate of drug-likeness (QED) is 0.226. The first kappa shape index (κ1) is 25.5. The molecule has 0 aliphatic rings. The van der Waals surface area contributed by atoms with E-state index in [2.05, 4.69) is 16.6 Å². The molecule has 1 aromatic rings. The highest BCUT2D eigenvalue weighted by atomic mass is 19.4. The van der Waals surface area contributed by atoms with Crippen LogP contribution in [0.15, 0.2) is 30.9 Å². The van der Waals surface area contributed by atoms with Crippen LogP contribution in [0.1, 0.15) is 60.0 Å². The maximum Gasteiger partial charge on any atom is 0.416 e. The van der Waals surface area contributed by atoms with Gasteiger partial charge in [-0.25, -0.2) is 4.79 Å². The van der Waals surface area contributed by atoms with Crippen molar-refractivity contribution in [3.05, 3.63) is 47.5 Å². The van der Waals surface area contributed by atoms with Gasteiger partial charge in [-0.3, -0.25) is 4.79 Å². The SMILES string of the molecule is C=CCCCCCC[C@H](NC(=O)c1cc(C(F)(F)F)cc(C(F)(F)F)c1)C(=O)OC. The molecule has 1 amide bonds. The molecule has 0 radical (unpaired) electrons. The van der Waals surface area contributed by atoms with E-state index >= 15 is 0 Å². The predicted octanol–water partition coefficient (Wildman–Crippen LogP) is 5.52. The second-order valence-electron chi connectivity index (χ2n) is 6.62. The number of benzene rings is 1. The van der Waals surface area contributed by atoms with Crippen LogP contribution in [0.3, 0.4) is 0 Å². The van der Waals surface area contributed by atoms with Crippen LogP contribution in [0.25, 0.3) is 0 Å². The van der Waals surface area contributed by atoms with Gasteiger partial charge in [0.2, 0.25) is 0 Å². The number of carbonyl (C=O) groups is 2. The van der Waals surface area contributed by atoms with E-state index in [1.807, 2.05) is 0 Å². The number of unbranched alkanes of at least 4 members (excludes halogenated alkanes) is 4. The third-order valence-electron chi connectivity index (χ3n) is 4.29. The molecular weight excluding hydrogens is 416 g/mol. The van der Waals surface area contributed by atoms with Crippen LogP contribution >= 0.6 is 0 Å². The molecule has 0 spiro atoms. The van der Waals surface area contributed by atoms with Gasteiger partial charge >= 0.3 is 18.3 Å². The number of halogens is 6. The Hall–Kier alpha value is -2.52. The standard InChI is InChI=1S/C20H23F6NO3/c1-3-4-5-6-7-8-9-16(18(29)30-2)27-17(28)13-10-14(19(21,22)23)12-15(11-13)20(24,25)26/h3,10-12,16H,1,4-9H2,2H3,(H,27,28)/t16-/m0/s1. The number of rotatable bonds is 10. The summed E-state index contributed by atoms with van der Waals surface area (Å²) in [4.78, 5) is 24.2. The summed E-state index contributed by atoms with van der Waals surface area (Å²) >= 11 is 0. The fourth-order valence-corrected chi connectivity index (χ4v) is 2.71. The van der Waals surface area contributed by atoms with Crippen LogP contribution in [0.4, 0.5) is 26.3 Å². The first-order chi connectivity index (χ1) is 13.9. The molecule has 1 N–H and O–H groups in total. The molecule has 0 aromatic heterocycles. The van der Waals surface area contributed by atoms with Gasteiger partial charge in [0.15, 0.2) is 0 Å². The Labute approximate surface area is 170 Å². The van der Waals surface area contributed by atoms with Crippen molar-refractivity contribution in [2.45, 2.75) is 56.9 Å².